The highest BCUT2D eigenvalue weighted by molar-refractivity contribution is 6.02. The zero-order chi connectivity index (χ0) is 25.4. The Morgan fingerprint density at radius 1 is 0.743 bits per heavy atom. The summed E-state index contributed by atoms with van der Waals surface area (Å²) in [7, 11) is 0. The summed E-state index contributed by atoms with van der Waals surface area (Å²) in [6.45, 7) is 14.3. The lowest BCUT2D eigenvalue weighted by molar-refractivity contribution is 0.0906. The van der Waals surface area contributed by atoms with Gasteiger partial charge in [0, 0.05) is 22.5 Å². The number of nitrogens with one attached hydrogen (secondary N) is 5. The minimum absolute atomic E-state index is 0.105. The van der Waals surface area contributed by atoms with Gasteiger partial charge in [-0.05, 0) is 78.3 Å². The van der Waals surface area contributed by atoms with Crippen molar-refractivity contribution in [2.24, 2.45) is 0 Å². The van der Waals surface area contributed by atoms with Crippen molar-refractivity contribution < 1.29 is 4.79 Å². The van der Waals surface area contributed by atoms with Gasteiger partial charge in [-0.15, -0.1) is 0 Å². The minimum atomic E-state index is -0.731. The van der Waals surface area contributed by atoms with E-state index in [4.69, 9.17) is 0 Å². The number of nitrogens with zero attached hydrogens (tertiary/aromatic N) is 3. The van der Waals surface area contributed by atoms with Gasteiger partial charge >= 0.3 is 0 Å². The first-order valence-corrected chi connectivity index (χ1v) is 11.7. The third-order valence-corrected chi connectivity index (χ3v) is 5.25. The number of hydrogen-bond donors (Lipinski definition) is 5. The van der Waals surface area contributed by atoms with Gasteiger partial charge in [0.2, 0.25) is 17.8 Å². The quantitative estimate of drug-likeness (QED) is 0.348. The molecule has 4 rings (SSSR count). The maximum absolute atomic E-state index is 12.6. The van der Waals surface area contributed by atoms with Crippen LogP contribution in [-0.4, -0.2) is 31.9 Å². The summed E-state index contributed by atoms with van der Waals surface area (Å²) < 4.78 is 0. The number of para-hydroxylation sites is 1. The largest absolute Gasteiger partial charge is 0.359 e. The molecule has 2 aromatic carbocycles. The van der Waals surface area contributed by atoms with Gasteiger partial charge in [0.15, 0.2) is 0 Å². The van der Waals surface area contributed by atoms with Crippen LogP contribution >= 0.6 is 0 Å². The molecule has 1 aromatic heterocycles. The highest BCUT2D eigenvalue weighted by atomic mass is 16.2. The van der Waals surface area contributed by atoms with Crippen molar-refractivity contribution >= 4 is 35.1 Å². The van der Waals surface area contributed by atoms with E-state index in [2.05, 4.69) is 83.1 Å². The molecule has 3 aromatic rings. The van der Waals surface area contributed by atoms with Crippen LogP contribution in [0.5, 0.6) is 0 Å². The average Bonchev–Trinajstić information content (AvgIpc) is 2.71. The van der Waals surface area contributed by atoms with Crippen LogP contribution in [0.15, 0.2) is 48.5 Å². The molecular weight excluding hydrogens is 440 g/mol. The van der Waals surface area contributed by atoms with Crippen molar-refractivity contribution in [2.45, 2.75) is 65.2 Å². The van der Waals surface area contributed by atoms with Gasteiger partial charge in [-0.1, -0.05) is 24.3 Å². The van der Waals surface area contributed by atoms with Gasteiger partial charge < -0.3 is 26.6 Å². The Hall–Kier alpha value is -3.88. The van der Waals surface area contributed by atoms with Gasteiger partial charge in [0.25, 0.3) is 5.91 Å². The molecule has 1 atom stereocenters. The summed E-state index contributed by atoms with van der Waals surface area (Å²) >= 11 is 0. The number of benzene rings is 2. The molecule has 1 amide bonds. The molecule has 0 saturated carbocycles. The molecule has 0 saturated heterocycles. The second-order valence-electron chi connectivity index (χ2n) is 11.0. The number of rotatable bonds is 5. The molecule has 0 spiro atoms. The van der Waals surface area contributed by atoms with Gasteiger partial charge in [0.1, 0.15) is 5.66 Å². The summed E-state index contributed by atoms with van der Waals surface area (Å²) in [5, 5.41) is 16.4. The lowest BCUT2D eigenvalue weighted by atomic mass is 9.96. The third-order valence-electron chi connectivity index (χ3n) is 5.25. The first kappa shape index (κ1) is 24.3. The van der Waals surface area contributed by atoms with Crippen molar-refractivity contribution in [1.29, 1.82) is 0 Å². The number of carbonyl (C=O) groups excluding carboxylic acids is 1. The van der Waals surface area contributed by atoms with Crippen LogP contribution in [0.2, 0.25) is 0 Å². The second-order valence-corrected chi connectivity index (χ2v) is 11.0. The monoisotopic (exact) mass is 474 g/mol. The minimum Gasteiger partial charge on any atom is -0.359 e. The summed E-state index contributed by atoms with van der Waals surface area (Å²) in [4.78, 5) is 26.3. The zero-order valence-corrected chi connectivity index (χ0v) is 21.4. The van der Waals surface area contributed by atoms with Crippen LogP contribution in [0.4, 0.5) is 29.2 Å². The maximum atomic E-state index is 12.6. The fourth-order valence-corrected chi connectivity index (χ4v) is 3.76. The van der Waals surface area contributed by atoms with E-state index in [1.54, 1.807) is 0 Å². The Morgan fingerprint density at radius 3 is 1.86 bits per heavy atom. The molecule has 9 nitrogen and oxygen atoms in total. The smallest absolute Gasteiger partial charge is 0.255 e. The van der Waals surface area contributed by atoms with E-state index in [9.17, 15) is 4.79 Å². The Kier molecular flexibility index (Phi) is 6.04. The highest BCUT2D eigenvalue weighted by Gasteiger charge is 2.34. The highest BCUT2D eigenvalue weighted by Crippen LogP contribution is 2.31. The van der Waals surface area contributed by atoms with Crippen molar-refractivity contribution in [2.75, 3.05) is 21.3 Å². The number of anilines is 5. The molecule has 0 bridgehead atoms. The van der Waals surface area contributed by atoms with Crippen molar-refractivity contribution in [1.82, 2.24) is 20.3 Å². The van der Waals surface area contributed by atoms with Crippen molar-refractivity contribution in [3.8, 4) is 0 Å². The molecular formula is C26H34N8O. The predicted octanol–water partition coefficient (Wildman–Crippen LogP) is 5.06. The first-order chi connectivity index (χ1) is 16.3. The van der Waals surface area contributed by atoms with Crippen LogP contribution in [0, 0.1) is 0 Å². The fourth-order valence-electron chi connectivity index (χ4n) is 3.76. The van der Waals surface area contributed by atoms with Crippen molar-refractivity contribution in [3.63, 3.8) is 0 Å². The Bertz CT molecular complexity index is 1190. The lowest BCUT2D eigenvalue weighted by Gasteiger charge is -2.38. The average molecular weight is 475 g/mol. The molecule has 0 fully saturated rings. The van der Waals surface area contributed by atoms with Gasteiger partial charge in [0.05, 0.1) is 5.56 Å². The predicted molar refractivity (Wildman–Crippen MR) is 141 cm³/mol. The molecule has 9 heteroatoms. The SMILES string of the molecule is CC(C)(C)Nc1nc(Nc2ccc(C3(C)NC(=O)c4ccccc4N3)cc2)nc(NC(C)(C)C)n1. The normalized spacial score (nSPS) is 17.6. The van der Waals surface area contributed by atoms with Crippen LogP contribution < -0.4 is 26.6 Å². The summed E-state index contributed by atoms with van der Waals surface area (Å²) in [5.74, 6) is 1.29. The molecule has 0 radical (unpaired) electrons. The topological polar surface area (TPSA) is 116 Å². The van der Waals surface area contributed by atoms with Crippen LogP contribution in [-0.2, 0) is 5.66 Å². The molecule has 184 valence electrons. The van der Waals surface area contributed by atoms with E-state index < -0.39 is 5.66 Å². The van der Waals surface area contributed by atoms with E-state index in [0.29, 0.717) is 23.4 Å². The standard InChI is InChI=1S/C26H34N8O/c1-24(2,3)33-22-28-21(29-23(30-22)34-25(4,5)6)27-17-14-12-16(13-15-17)26(7)31-19-11-9-8-10-18(19)20(35)32-26/h8-15,31H,1-7H3,(H,32,35)(H3,27,28,29,30,33,34). The zero-order valence-electron chi connectivity index (χ0n) is 21.4. The number of hydrogen-bond acceptors (Lipinski definition) is 8. The van der Waals surface area contributed by atoms with E-state index in [1.807, 2.05) is 55.5 Å². The fraction of sp³-hybridized carbons (Fsp3) is 0.385. The summed E-state index contributed by atoms with van der Waals surface area (Å²) in [6, 6.07) is 15.3. The maximum Gasteiger partial charge on any atom is 0.255 e. The van der Waals surface area contributed by atoms with Crippen LogP contribution in [0.25, 0.3) is 0 Å². The van der Waals surface area contributed by atoms with Crippen LogP contribution in [0.1, 0.15) is 64.4 Å². The van der Waals surface area contributed by atoms with E-state index >= 15 is 0 Å². The summed E-state index contributed by atoms with van der Waals surface area (Å²) in [6.07, 6.45) is 0. The summed E-state index contributed by atoms with van der Waals surface area (Å²) in [5.41, 5.74) is 2.04. The third kappa shape index (κ3) is 5.98. The van der Waals surface area contributed by atoms with Crippen molar-refractivity contribution in [3.05, 3.63) is 59.7 Å². The Labute approximate surface area is 206 Å². The molecule has 35 heavy (non-hydrogen) atoms. The second kappa shape index (κ2) is 8.72. The Morgan fingerprint density at radius 2 is 1.29 bits per heavy atom. The van der Waals surface area contributed by atoms with Gasteiger partial charge in [-0.2, -0.15) is 15.0 Å². The number of aromatic nitrogens is 3. The lowest BCUT2D eigenvalue weighted by Crippen LogP contribution is -2.52. The van der Waals surface area contributed by atoms with E-state index in [1.165, 1.54) is 0 Å². The molecule has 1 aliphatic rings. The molecule has 0 aliphatic carbocycles. The van der Waals surface area contributed by atoms with E-state index in [0.717, 1.165) is 16.9 Å². The van der Waals surface area contributed by atoms with Gasteiger partial charge in [-0.3, -0.25) is 4.79 Å². The van der Waals surface area contributed by atoms with E-state index in [-0.39, 0.29) is 17.0 Å². The first-order valence-electron chi connectivity index (χ1n) is 11.7. The molecule has 2 heterocycles. The Balaban J connectivity index is 1.57. The number of carbonyl (C=O) groups is 1. The number of amides is 1. The molecule has 1 aliphatic heterocycles. The molecule has 5 N–H and O–H groups in total. The van der Waals surface area contributed by atoms with Crippen LogP contribution in [0.3, 0.4) is 0 Å². The number of fused-ring (bicyclic) bond motifs is 1. The van der Waals surface area contributed by atoms with Gasteiger partial charge in [-0.25, -0.2) is 0 Å². The molecule has 1 unspecified atom stereocenters.